The first kappa shape index (κ1) is 23.0. The molecule has 31 heavy (non-hydrogen) atoms. The van der Waals surface area contributed by atoms with E-state index in [2.05, 4.69) is 0 Å². The van der Waals surface area contributed by atoms with Crippen LogP contribution in [0.15, 0.2) is 30.3 Å². The van der Waals surface area contributed by atoms with Crippen LogP contribution in [0.5, 0.6) is 28.7 Å². The third-order valence-corrected chi connectivity index (χ3v) is 5.79. The summed E-state index contributed by atoms with van der Waals surface area (Å²) in [6.45, 7) is 0.132. The van der Waals surface area contributed by atoms with Crippen molar-refractivity contribution in [3.63, 3.8) is 0 Å². The first-order valence-electron chi connectivity index (χ1n) is 9.95. The van der Waals surface area contributed by atoms with E-state index < -0.39 is 12.2 Å². The summed E-state index contributed by atoms with van der Waals surface area (Å²) in [5.41, 5.74) is 1.44. The van der Waals surface area contributed by atoms with Gasteiger partial charge in [-0.3, -0.25) is 0 Å². The summed E-state index contributed by atoms with van der Waals surface area (Å²) < 4.78 is 32.9. The molecule has 0 radical (unpaired) electrons. The highest BCUT2D eigenvalue weighted by Gasteiger charge is 2.42. The number of aliphatic hydroxyl groups excluding tert-OH is 2. The van der Waals surface area contributed by atoms with Gasteiger partial charge in [0.1, 0.15) is 0 Å². The summed E-state index contributed by atoms with van der Waals surface area (Å²) in [5, 5.41) is 21.3. The van der Waals surface area contributed by atoms with Crippen LogP contribution in [0.3, 0.4) is 0 Å². The summed E-state index contributed by atoms with van der Waals surface area (Å²) >= 11 is 0. The first-order valence-corrected chi connectivity index (χ1v) is 9.95. The summed E-state index contributed by atoms with van der Waals surface area (Å²) in [6, 6.07) is 8.94. The van der Waals surface area contributed by atoms with E-state index >= 15 is 0 Å². The van der Waals surface area contributed by atoms with Crippen LogP contribution >= 0.6 is 0 Å². The van der Waals surface area contributed by atoms with Gasteiger partial charge in [-0.15, -0.1) is 0 Å². The standard InChI is InChI=1S/C23H30O8/c1-26-17-7-6-13(8-18(17)27-2)22-15(11-24)16(12-31-22)21(25)14-9-19(28-3)23(30-5)20(10-14)29-4/h6-10,15-16,21-22,24-25H,11-12H2,1-5H3/t15-,16+,21?,22-/m0/s1. The normalized spacial score (nSPS) is 21.5. The zero-order valence-corrected chi connectivity index (χ0v) is 18.5. The molecule has 1 aliphatic heterocycles. The molecule has 0 saturated carbocycles. The fraction of sp³-hybridized carbons (Fsp3) is 0.478. The molecule has 8 nitrogen and oxygen atoms in total. The van der Waals surface area contributed by atoms with Crippen LogP contribution in [0.25, 0.3) is 0 Å². The highest BCUT2D eigenvalue weighted by Crippen LogP contribution is 2.47. The molecular formula is C23H30O8. The zero-order chi connectivity index (χ0) is 22.5. The Labute approximate surface area is 182 Å². The number of hydrogen-bond donors (Lipinski definition) is 2. The smallest absolute Gasteiger partial charge is 0.203 e. The molecule has 2 N–H and O–H groups in total. The molecule has 0 aliphatic carbocycles. The molecule has 3 rings (SSSR count). The molecule has 1 unspecified atom stereocenters. The Hall–Kier alpha value is -2.68. The van der Waals surface area contributed by atoms with Crippen molar-refractivity contribution in [2.24, 2.45) is 11.8 Å². The van der Waals surface area contributed by atoms with E-state index in [1.54, 1.807) is 32.4 Å². The van der Waals surface area contributed by atoms with Crippen molar-refractivity contribution in [3.8, 4) is 28.7 Å². The molecule has 0 bridgehead atoms. The van der Waals surface area contributed by atoms with E-state index in [1.165, 1.54) is 21.3 Å². The van der Waals surface area contributed by atoms with Crippen LogP contribution in [0.4, 0.5) is 0 Å². The molecule has 1 heterocycles. The number of benzene rings is 2. The average molecular weight is 434 g/mol. The second kappa shape index (κ2) is 10.1. The summed E-state index contributed by atoms with van der Waals surface area (Å²) in [7, 11) is 7.71. The van der Waals surface area contributed by atoms with E-state index in [0.717, 1.165) is 5.56 Å². The topological polar surface area (TPSA) is 95.8 Å². The van der Waals surface area contributed by atoms with Gasteiger partial charge < -0.3 is 38.6 Å². The number of methoxy groups -OCH3 is 5. The predicted octanol–water partition coefficient (Wildman–Crippen LogP) is 2.76. The molecular weight excluding hydrogens is 404 g/mol. The lowest BCUT2D eigenvalue weighted by molar-refractivity contribution is 0.0631. The summed E-state index contributed by atoms with van der Waals surface area (Å²) in [5.74, 6) is 1.87. The molecule has 2 aromatic rings. The van der Waals surface area contributed by atoms with Crippen LogP contribution in [-0.4, -0.2) is 59.0 Å². The van der Waals surface area contributed by atoms with Crippen LogP contribution in [0.2, 0.25) is 0 Å². The number of aliphatic hydroxyl groups is 2. The highest BCUT2D eigenvalue weighted by molar-refractivity contribution is 5.54. The maximum Gasteiger partial charge on any atom is 0.203 e. The lowest BCUT2D eigenvalue weighted by atomic mass is 9.82. The van der Waals surface area contributed by atoms with Crippen LogP contribution in [0.1, 0.15) is 23.3 Å². The van der Waals surface area contributed by atoms with Gasteiger partial charge in [0.2, 0.25) is 5.75 Å². The van der Waals surface area contributed by atoms with Crippen molar-refractivity contribution in [1.29, 1.82) is 0 Å². The quantitative estimate of drug-likeness (QED) is 0.622. The van der Waals surface area contributed by atoms with Crippen LogP contribution in [0, 0.1) is 11.8 Å². The summed E-state index contributed by atoms with van der Waals surface area (Å²) in [6.07, 6.45) is -1.30. The zero-order valence-electron chi connectivity index (χ0n) is 18.5. The Morgan fingerprint density at radius 3 is 2.00 bits per heavy atom. The fourth-order valence-electron chi connectivity index (χ4n) is 4.14. The van der Waals surface area contributed by atoms with Gasteiger partial charge in [0.25, 0.3) is 0 Å². The first-order chi connectivity index (χ1) is 15.0. The molecule has 8 heteroatoms. The van der Waals surface area contributed by atoms with Gasteiger partial charge in [-0.2, -0.15) is 0 Å². The third-order valence-electron chi connectivity index (χ3n) is 5.79. The number of rotatable bonds is 9. The minimum absolute atomic E-state index is 0.148. The fourth-order valence-corrected chi connectivity index (χ4v) is 4.14. The lowest BCUT2D eigenvalue weighted by Crippen LogP contribution is -2.25. The Kier molecular flexibility index (Phi) is 7.48. The molecule has 0 amide bonds. The Bertz CT molecular complexity index is 859. The Morgan fingerprint density at radius 1 is 0.871 bits per heavy atom. The second-order valence-electron chi connectivity index (χ2n) is 7.28. The minimum atomic E-state index is -0.906. The van der Waals surface area contributed by atoms with Crippen molar-refractivity contribution in [2.75, 3.05) is 48.8 Å². The Balaban J connectivity index is 1.91. The second-order valence-corrected chi connectivity index (χ2v) is 7.28. The van der Waals surface area contributed by atoms with E-state index in [-0.39, 0.29) is 25.0 Å². The molecule has 2 aromatic carbocycles. The molecule has 1 aliphatic rings. The van der Waals surface area contributed by atoms with Crippen molar-refractivity contribution < 1.29 is 38.6 Å². The van der Waals surface area contributed by atoms with Gasteiger partial charge in [-0.1, -0.05) is 6.07 Å². The van der Waals surface area contributed by atoms with Gasteiger partial charge in [0, 0.05) is 18.4 Å². The molecule has 1 fully saturated rings. The maximum atomic E-state index is 11.2. The monoisotopic (exact) mass is 434 g/mol. The molecule has 0 aromatic heterocycles. The average Bonchev–Trinajstić information content (AvgIpc) is 3.25. The molecule has 0 spiro atoms. The van der Waals surface area contributed by atoms with Gasteiger partial charge >= 0.3 is 0 Å². The number of hydrogen-bond acceptors (Lipinski definition) is 8. The van der Waals surface area contributed by atoms with Crippen molar-refractivity contribution >= 4 is 0 Å². The molecule has 1 saturated heterocycles. The van der Waals surface area contributed by atoms with Crippen molar-refractivity contribution in [3.05, 3.63) is 41.5 Å². The van der Waals surface area contributed by atoms with E-state index in [0.29, 0.717) is 34.3 Å². The summed E-state index contributed by atoms with van der Waals surface area (Å²) in [4.78, 5) is 0. The maximum absolute atomic E-state index is 11.2. The SMILES string of the molecule is COc1ccc([C@@H]2OC[C@@H](C(O)c3cc(OC)c(OC)c(OC)c3)[C@@H]2CO)cc1OC. The van der Waals surface area contributed by atoms with Gasteiger partial charge in [-0.05, 0) is 35.4 Å². The van der Waals surface area contributed by atoms with Crippen molar-refractivity contribution in [2.45, 2.75) is 12.2 Å². The Morgan fingerprint density at radius 2 is 1.48 bits per heavy atom. The van der Waals surface area contributed by atoms with Crippen LogP contribution in [-0.2, 0) is 4.74 Å². The van der Waals surface area contributed by atoms with Crippen LogP contribution < -0.4 is 23.7 Å². The third kappa shape index (κ3) is 4.37. The molecule has 170 valence electrons. The van der Waals surface area contributed by atoms with E-state index in [1.807, 2.05) is 12.1 Å². The van der Waals surface area contributed by atoms with Gasteiger partial charge in [0.15, 0.2) is 23.0 Å². The number of ether oxygens (including phenoxy) is 6. The van der Waals surface area contributed by atoms with Gasteiger partial charge in [0.05, 0.1) is 54.4 Å². The van der Waals surface area contributed by atoms with Gasteiger partial charge in [-0.25, -0.2) is 0 Å². The predicted molar refractivity (Wildman–Crippen MR) is 113 cm³/mol. The lowest BCUT2D eigenvalue weighted by Gasteiger charge is -2.26. The molecule has 4 atom stereocenters. The van der Waals surface area contributed by atoms with Crippen molar-refractivity contribution in [1.82, 2.24) is 0 Å². The van der Waals surface area contributed by atoms with E-state index in [4.69, 9.17) is 28.4 Å². The highest BCUT2D eigenvalue weighted by atomic mass is 16.5. The minimum Gasteiger partial charge on any atom is -0.493 e. The largest absolute Gasteiger partial charge is 0.493 e. The van der Waals surface area contributed by atoms with E-state index in [9.17, 15) is 10.2 Å².